The van der Waals surface area contributed by atoms with E-state index in [-0.39, 0.29) is 35.5 Å². The summed E-state index contributed by atoms with van der Waals surface area (Å²) >= 11 is 0. The molecule has 1 N–H and O–H groups in total. The van der Waals surface area contributed by atoms with Crippen molar-refractivity contribution in [3.05, 3.63) is 105 Å². The van der Waals surface area contributed by atoms with Gasteiger partial charge in [-0.05, 0) is 121 Å². The van der Waals surface area contributed by atoms with E-state index >= 15 is 0 Å². The van der Waals surface area contributed by atoms with Gasteiger partial charge in [-0.25, -0.2) is 14.6 Å². The largest absolute Gasteiger partial charge is 0.500 e. The van der Waals surface area contributed by atoms with Crippen LogP contribution in [0.2, 0.25) is 0 Å². The number of nitrogens with one attached hydrogen (secondary N) is 1. The van der Waals surface area contributed by atoms with Gasteiger partial charge in [0.1, 0.15) is 22.9 Å². The number of aryl methyl sites for hydroxylation is 6. The molecular weight excluding hydrogens is 733 g/mol. The average molecular weight is 795 g/mol. The van der Waals surface area contributed by atoms with Gasteiger partial charge in [0.05, 0.1) is 25.4 Å². The Bertz CT molecular complexity index is 2030. The SMILES string of the molecule is COC1=C(c2c(C)cc(C)cc2C)C(=O)C(CCN(C)C(=O)Nc2ccccn2)C1.COC1=C(c2c(C)cc(C)cc2C)C(=O)C(CCN(C)C(=O)OC(C)(C)C)C1. The Hall–Kier alpha value is -5.45. The molecule has 2 unspecified atom stereocenters. The lowest BCUT2D eigenvalue weighted by Gasteiger charge is -2.25. The molecule has 2 aliphatic rings. The molecule has 0 bridgehead atoms. The number of Topliss-reactive ketones (excluding diaryl/α,β-unsaturated/α-hetero) is 2. The molecule has 11 heteroatoms. The van der Waals surface area contributed by atoms with Crippen LogP contribution in [0.15, 0.2) is 60.2 Å². The van der Waals surface area contributed by atoms with E-state index in [1.807, 2.05) is 54.5 Å². The van der Waals surface area contributed by atoms with Crippen LogP contribution >= 0.6 is 0 Å². The highest BCUT2D eigenvalue weighted by atomic mass is 16.6. The molecule has 2 aromatic carbocycles. The first kappa shape index (κ1) is 45.3. The number of ether oxygens (including phenoxy) is 3. The molecule has 3 amide bonds. The number of carbonyl (C=O) groups is 4. The summed E-state index contributed by atoms with van der Waals surface area (Å²) in [6.45, 7) is 18.7. The first-order valence-electron chi connectivity index (χ1n) is 19.9. The van der Waals surface area contributed by atoms with Gasteiger partial charge < -0.3 is 24.0 Å². The number of hydrogen-bond donors (Lipinski definition) is 1. The topological polar surface area (TPSA) is 127 Å². The van der Waals surface area contributed by atoms with Crippen molar-refractivity contribution in [3.63, 3.8) is 0 Å². The maximum atomic E-state index is 13.3. The number of urea groups is 1. The van der Waals surface area contributed by atoms with E-state index in [1.165, 1.54) is 16.0 Å². The van der Waals surface area contributed by atoms with E-state index in [0.717, 1.165) is 44.9 Å². The van der Waals surface area contributed by atoms with E-state index in [9.17, 15) is 19.2 Å². The number of nitrogens with zero attached hydrogens (tertiary/aromatic N) is 3. The fourth-order valence-corrected chi connectivity index (χ4v) is 7.90. The summed E-state index contributed by atoms with van der Waals surface area (Å²) in [6.07, 6.45) is 3.54. The number of rotatable bonds is 11. The third-order valence-corrected chi connectivity index (χ3v) is 10.6. The van der Waals surface area contributed by atoms with Crippen molar-refractivity contribution in [3.8, 4) is 0 Å². The molecular formula is C47H62N4O7. The second-order valence-corrected chi connectivity index (χ2v) is 16.6. The van der Waals surface area contributed by atoms with Crippen molar-refractivity contribution in [2.75, 3.05) is 46.7 Å². The van der Waals surface area contributed by atoms with Crippen molar-refractivity contribution in [2.24, 2.45) is 11.8 Å². The van der Waals surface area contributed by atoms with Gasteiger partial charge in [0, 0.05) is 58.1 Å². The summed E-state index contributed by atoms with van der Waals surface area (Å²) in [5, 5.41) is 2.76. The fraction of sp³-hybridized carbons (Fsp3) is 0.468. The smallest absolute Gasteiger partial charge is 0.410 e. The Kier molecular flexibility index (Phi) is 15.1. The number of aromatic nitrogens is 1. The molecule has 0 fully saturated rings. The lowest BCUT2D eigenvalue weighted by atomic mass is 9.90. The number of ketones is 2. The number of pyridine rings is 1. The lowest BCUT2D eigenvalue weighted by molar-refractivity contribution is -0.117. The van der Waals surface area contributed by atoms with Crippen LogP contribution in [-0.4, -0.2) is 85.5 Å². The number of carbonyl (C=O) groups excluding carboxylic acids is 4. The normalized spacial score (nSPS) is 16.6. The Labute approximate surface area is 344 Å². The average Bonchev–Trinajstić information content (AvgIpc) is 3.63. The Morgan fingerprint density at radius 2 is 1.16 bits per heavy atom. The van der Waals surface area contributed by atoms with E-state index in [0.29, 0.717) is 55.7 Å². The van der Waals surface area contributed by atoms with Gasteiger partial charge in [-0.15, -0.1) is 0 Å². The zero-order valence-electron chi connectivity index (χ0n) is 36.7. The molecule has 0 saturated carbocycles. The summed E-state index contributed by atoms with van der Waals surface area (Å²) in [4.78, 5) is 58.2. The number of methoxy groups -OCH3 is 2. The van der Waals surface area contributed by atoms with Crippen LogP contribution < -0.4 is 5.32 Å². The highest BCUT2D eigenvalue weighted by Crippen LogP contribution is 2.41. The first-order valence-corrected chi connectivity index (χ1v) is 19.9. The molecule has 1 aromatic heterocycles. The van der Waals surface area contributed by atoms with E-state index in [1.54, 1.807) is 51.5 Å². The van der Waals surface area contributed by atoms with Crippen molar-refractivity contribution in [2.45, 2.75) is 93.6 Å². The predicted molar refractivity (Wildman–Crippen MR) is 229 cm³/mol. The Balaban J connectivity index is 0.000000257. The second-order valence-electron chi connectivity index (χ2n) is 16.6. The summed E-state index contributed by atoms with van der Waals surface area (Å²) in [5.74, 6) is 1.80. The number of hydrogen-bond acceptors (Lipinski definition) is 8. The third kappa shape index (κ3) is 11.1. The van der Waals surface area contributed by atoms with Gasteiger partial charge in [0.15, 0.2) is 11.6 Å². The van der Waals surface area contributed by atoms with Crippen LogP contribution in [0.5, 0.6) is 0 Å². The summed E-state index contributed by atoms with van der Waals surface area (Å²) in [7, 11) is 6.66. The summed E-state index contributed by atoms with van der Waals surface area (Å²) < 4.78 is 16.6. The molecule has 0 saturated heterocycles. The third-order valence-electron chi connectivity index (χ3n) is 10.6. The number of benzene rings is 2. The number of amides is 3. The highest BCUT2D eigenvalue weighted by molar-refractivity contribution is 6.26. The van der Waals surface area contributed by atoms with Gasteiger partial charge in [-0.3, -0.25) is 14.9 Å². The zero-order valence-corrected chi connectivity index (χ0v) is 36.7. The minimum absolute atomic E-state index is 0.0976. The van der Waals surface area contributed by atoms with Gasteiger partial charge >= 0.3 is 12.1 Å². The Morgan fingerprint density at radius 1 is 0.724 bits per heavy atom. The molecule has 2 atom stereocenters. The van der Waals surface area contributed by atoms with Crippen molar-refractivity contribution >= 4 is 40.7 Å². The molecule has 5 rings (SSSR count). The summed E-state index contributed by atoms with van der Waals surface area (Å²) in [6, 6.07) is 13.5. The monoisotopic (exact) mass is 794 g/mol. The molecule has 11 nitrogen and oxygen atoms in total. The van der Waals surface area contributed by atoms with E-state index in [4.69, 9.17) is 14.2 Å². The van der Waals surface area contributed by atoms with Crippen LogP contribution in [0.1, 0.15) is 91.0 Å². The van der Waals surface area contributed by atoms with Crippen LogP contribution in [0.3, 0.4) is 0 Å². The van der Waals surface area contributed by atoms with Crippen molar-refractivity contribution < 1.29 is 33.4 Å². The maximum Gasteiger partial charge on any atom is 0.410 e. The minimum atomic E-state index is -0.535. The molecule has 58 heavy (non-hydrogen) atoms. The van der Waals surface area contributed by atoms with E-state index in [2.05, 4.69) is 48.4 Å². The zero-order chi connectivity index (χ0) is 43.1. The van der Waals surface area contributed by atoms with Crippen molar-refractivity contribution in [1.29, 1.82) is 0 Å². The second kappa shape index (κ2) is 19.3. The molecule has 0 aliphatic heterocycles. The quantitative estimate of drug-likeness (QED) is 0.204. The van der Waals surface area contributed by atoms with Crippen molar-refractivity contribution in [1.82, 2.24) is 14.8 Å². The lowest BCUT2D eigenvalue weighted by Crippen LogP contribution is -2.35. The maximum absolute atomic E-state index is 13.3. The summed E-state index contributed by atoms with van der Waals surface area (Å²) in [5.41, 5.74) is 9.50. The van der Waals surface area contributed by atoms with Crippen LogP contribution in [0.4, 0.5) is 15.4 Å². The fourth-order valence-electron chi connectivity index (χ4n) is 7.90. The molecule has 0 radical (unpaired) electrons. The van der Waals surface area contributed by atoms with Crippen LogP contribution in [0.25, 0.3) is 11.1 Å². The first-order chi connectivity index (χ1) is 27.3. The molecule has 1 heterocycles. The van der Waals surface area contributed by atoms with Crippen LogP contribution in [0, 0.1) is 53.4 Å². The van der Waals surface area contributed by atoms with E-state index < -0.39 is 5.60 Å². The van der Waals surface area contributed by atoms with Gasteiger partial charge in [-0.2, -0.15) is 0 Å². The van der Waals surface area contributed by atoms with Crippen LogP contribution in [-0.2, 0) is 23.8 Å². The predicted octanol–water partition coefficient (Wildman–Crippen LogP) is 9.32. The molecule has 0 spiro atoms. The number of anilines is 1. The molecule has 312 valence electrons. The minimum Gasteiger partial charge on any atom is -0.500 e. The molecule has 3 aromatic rings. The number of allylic oxidation sites excluding steroid dienone is 4. The Morgan fingerprint density at radius 3 is 1.53 bits per heavy atom. The standard InChI is InChI=1S/C24H29N3O3.C23H33NO4/c1-15-12-16(2)21(17(3)13-15)22-19(30-5)14-18(23(22)28)9-11-27(4)24(29)26-20-8-6-7-10-25-20;1-14-11-15(2)19(16(3)12-14)20-18(27-8)13-17(21(20)25)9-10-24(7)22(26)28-23(4,5)6/h6-8,10,12-13,18H,9,11,14H2,1-5H3,(H,25,26,29);11-12,17H,9-10,13H2,1-8H3. The van der Waals surface area contributed by atoms with Gasteiger partial charge in [-0.1, -0.05) is 41.5 Å². The van der Waals surface area contributed by atoms with Gasteiger partial charge in [0.25, 0.3) is 0 Å². The molecule has 2 aliphatic carbocycles. The highest BCUT2D eigenvalue weighted by Gasteiger charge is 2.38. The van der Waals surface area contributed by atoms with Gasteiger partial charge in [0.2, 0.25) is 0 Å².